The molecule has 16 rings (SSSR count). The van der Waals surface area contributed by atoms with Crippen LogP contribution in [0.1, 0.15) is 117 Å². The van der Waals surface area contributed by atoms with Crippen molar-refractivity contribution < 1.29 is 4.79 Å². The minimum absolute atomic E-state index is 0.517. The van der Waals surface area contributed by atoms with Gasteiger partial charge in [-0.15, -0.1) is 0 Å². The Morgan fingerprint density at radius 3 is 0.966 bits per heavy atom. The molecule has 3 aliphatic rings. The first-order chi connectivity index (χ1) is 57.5. The van der Waals surface area contributed by atoms with Gasteiger partial charge in [-0.25, -0.2) is 49.8 Å². The Morgan fingerprint density at radius 2 is 0.661 bits per heavy atom. The van der Waals surface area contributed by atoms with Gasteiger partial charge in [0.1, 0.15) is 6.33 Å². The Hall–Kier alpha value is -11.9. The molecule has 0 bridgehead atoms. The second kappa shape index (κ2) is 40.8. The Morgan fingerprint density at radius 1 is 0.347 bits per heavy atom. The Balaban J connectivity index is 0.000000136. The van der Waals surface area contributed by atoms with Gasteiger partial charge < -0.3 is 33.0 Å². The number of piperazine rings is 1. The number of imidazole rings is 4. The first kappa shape index (κ1) is 84.0. The quantitative estimate of drug-likeness (QED) is 0.0481. The number of nitriles is 4. The number of carbonyl (C=O) groups is 1. The van der Waals surface area contributed by atoms with Crippen molar-refractivity contribution in [1.82, 2.24) is 87.7 Å². The normalized spacial score (nSPS) is 13.9. The highest BCUT2D eigenvalue weighted by atomic mass is 32.2. The predicted octanol–water partition coefficient (Wildman–Crippen LogP) is 15.1. The smallest absolute Gasteiger partial charge is 0.209 e. The lowest BCUT2D eigenvalue weighted by Gasteiger charge is -2.32. The molecule has 0 aliphatic carbocycles. The fraction of sp³-hybridized carbons (Fsp3) is 0.394. The number of nitrogens with zero attached hydrogens (tertiary/aromatic N) is 22. The van der Waals surface area contributed by atoms with Crippen LogP contribution in [-0.2, 0) is 90.8 Å². The first-order valence-electron chi connectivity index (χ1n) is 41.3. The molecule has 0 saturated carbocycles. The van der Waals surface area contributed by atoms with Gasteiger partial charge in [-0.1, -0.05) is 6.42 Å². The molecule has 0 radical (unpaired) electrons. The number of aromatic nitrogens is 14. The minimum Gasteiger partial charge on any atom is -0.343 e. The molecule has 0 N–H and O–H groups in total. The second-order valence-corrected chi connectivity index (χ2v) is 32.6. The molecule has 1 amide bonds. The highest BCUT2D eigenvalue weighted by molar-refractivity contribution is 7.99. The Labute approximate surface area is 697 Å². The second-order valence-electron chi connectivity index (χ2n) is 31.4. The van der Waals surface area contributed by atoms with Crippen LogP contribution >= 0.6 is 11.8 Å². The third kappa shape index (κ3) is 21.3. The summed E-state index contributed by atoms with van der Waals surface area (Å²) in [5.41, 5.74) is 27.9. The lowest BCUT2D eigenvalue weighted by atomic mass is 9.95. The zero-order valence-corrected chi connectivity index (χ0v) is 70.3. The molecule has 118 heavy (non-hydrogen) atoms. The molecular formula is C94H106N22OS. The zero-order chi connectivity index (χ0) is 82.4. The molecule has 0 spiro atoms. The number of benzene rings is 4. The summed E-state index contributed by atoms with van der Waals surface area (Å²) in [4.78, 5) is 65.5. The molecule has 604 valence electrons. The molecule has 0 unspecified atom stereocenters. The van der Waals surface area contributed by atoms with Crippen molar-refractivity contribution in [3.63, 3.8) is 0 Å². The van der Waals surface area contributed by atoms with E-state index in [-0.39, 0.29) is 0 Å². The topological polar surface area (TPSA) is 274 Å². The van der Waals surface area contributed by atoms with E-state index in [1.165, 1.54) is 134 Å². The van der Waals surface area contributed by atoms with E-state index in [2.05, 4.69) is 169 Å². The van der Waals surface area contributed by atoms with E-state index < -0.39 is 0 Å². The SMILES string of the molecule is Cc1cc2nc(-c3cncn3C)cc(CCN3CCCCC3)c2cc1CCC#N.Cc1cc2nc(-c3cncn3C)cc(CCN3CCN(C=O)CC3)c2cc1CCC#N.Cc1cc2nc(-c3cncn3C)cc(CCN3CCSCC3)c2cc1CCC#N.Cc1cc2nc(-c3cncn3C)cc(CCc3cncnc3)c2cc1CCC#N. The fourth-order valence-corrected chi connectivity index (χ4v) is 17.2. The molecule has 23 nitrogen and oxygen atoms in total. The van der Waals surface area contributed by atoms with Crippen molar-refractivity contribution in [1.29, 1.82) is 21.0 Å². The molecule has 3 saturated heterocycles. The maximum Gasteiger partial charge on any atom is 0.209 e. The van der Waals surface area contributed by atoms with Gasteiger partial charge in [0.15, 0.2) is 0 Å². The monoisotopic (exact) mass is 1590 g/mol. The van der Waals surface area contributed by atoms with Gasteiger partial charge in [0.05, 0.1) is 142 Å². The number of piperidine rings is 1. The highest BCUT2D eigenvalue weighted by Crippen LogP contribution is 2.34. The summed E-state index contributed by atoms with van der Waals surface area (Å²) in [6.45, 7) is 19.7. The van der Waals surface area contributed by atoms with E-state index in [0.29, 0.717) is 25.7 Å². The largest absolute Gasteiger partial charge is 0.343 e. The van der Waals surface area contributed by atoms with Crippen LogP contribution in [0.5, 0.6) is 0 Å². The van der Waals surface area contributed by atoms with Crippen LogP contribution in [0.4, 0.5) is 0 Å². The third-order valence-corrected chi connectivity index (χ3v) is 24.2. The van der Waals surface area contributed by atoms with Crippen LogP contribution in [0, 0.1) is 73.0 Å². The van der Waals surface area contributed by atoms with Gasteiger partial charge in [-0.2, -0.15) is 32.8 Å². The van der Waals surface area contributed by atoms with Crippen LogP contribution in [0.15, 0.2) is 142 Å². The third-order valence-electron chi connectivity index (χ3n) is 23.2. The summed E-state index contributed by atoms with van der Waals surface area (Å²) in [5, 5.41) is 40.8. The predicted molar refractivity (Wildman–Crippen MR) is 469 cm³/mol. The summed E-state index contributed by atoms with van der Waals surface area (Å²) in [5.74, 6) is 2.46. The van der Waals surface area contributed by atoms with Gasteiger partial charge in [0, 0.05) is 158 Å². The maximum atomic E-state index is 11.0. The van der Waals surface area contributed by atoms with Crippen molar-refractivity contribution in [2.75, 3.05) is 83.5 Å². The summed E-state index contributed by atoms with van der Waals surface area (Å²) < 4.78 is 8.02. The molecule has 3 fully saturated rings. The van der Waals surface area contributed by atoms with Crippen LogP contribution < -0.4 is 0 Å². The molecule has 13 aromatic rings. The van der Waals surface area contributed by atoms with Crippen LogP contribution in [0.3, 0.4) is 0 Å². The first-order valence-corrected chi connectivity index (χ1v) is 42.5. The van der Waals surface area contributed by atoms with E-state index in [9.17, 15) is 4.79 Å². The summed E-state index contributed by atoms with van der Waals surface area (Å²) in [6, 6.07) is 35.5. The van der Waals surface area contributed by atoms with Crippen molar-refractivity contribution in [3.8, 4) is 69.8 Å². The number of aryl methyl sites for hydroxylation is 14. The van der Waals surface area contributed by atoms with Gasteiger partial charge in [-0.05, 0) is 257 Å². The van der Waals surface area contributed by atoms with E-state index in [1.54, 1.807) is 19.0 Å². The van der Waals surface area contributed by atoms with Crippen molar-refractivity contribution >= 4 is 61.8 Å². The number of amides is 1. The number of likely N-dealkylation sites (tertiary alicyclic amines) is 1. The van der Waals surface area contributed by atoms with Crippen LogP contribution in [0.2, 0.25) is 0 Å². The van der Waals surface area contributed by atoms with Crippen LogP contribution in [0.25, 0.3) is 89.2 Å². The van der Waals surface area contributed by atoms with Gasteiger partial charge in [-0.3, -0.25) is 9.69 Å². The van der Waals surface area contributed by atoms with Crippen LogP contribution in [-0.4, -0.2) is 178 Å². The minimum atomic E-state index is 0.517. The van der Waals surface area contributed by atoms with E-state index in [4.69, 9.17) is 41.0 Å². The fourth-order valence-electron chi connectivity index (χ4n) is 16.3. The van der Waals surface area contributed by atoms with E-state index >= 15 is 0 Å². The number of fused-ring (bicyclic) bond motifs is 4. The molecule has 0 atom stereocenters. The summed E-state index contributed by atoms with van der Waals surface area (Å²) in [7, 11) is 7.98. The lowest BCUT2D eigenvalue weighted by Crippen LogP contribution is -2.46. The molecule has 9 aromatic heterocycles. The van der Waals surface area contributed by atoms with Gasteiger partial charge >= 0.3 is 0 Å². The number of hydrogen-bond acceptors (Lipinski definition) is 19. The lowest BCUT2D eigenvalue weighted by molar-refractivity contribution is -0.119. The summed E-state index contributed by atoms with van der Waals surface area (Å²) in [6.07, 6.45) is 34.8. The number of rotatable bonds is 25. The van der Waals surface area contributed by atoms with Crippen molar-refractivity contribution in [2.45, 2.75) is 130 Å². The highest BCUT2D eigenvalue weighted by Gasteiger charge is 2.22. The van der Waals surface area contributed by atoms with Crippen molar-refractivity contribution in [2.24, 2.45) is 28.2 Å². The van der Waals surface area contributed by atoms with Gasteiger partial charge in [0.2, 0.25) is 6.41 Å². The summed E-state index contributed by atoms with van der Waals surface area (Å²) >= 11 is 2.05. The Kier molecular flexibility index (Phi) is 29.0. The number of hydrogen-bond donors (Lipinski definition) is 0. The van der Waals surface area contributed by atoms with Gasteiger partial charge in [0.25, 0.3) is 0 Å². The standard InChI is InChI=1S/C24H28N6O.C24H29N5.C23H22N6.C23H27N5S/c1-18-12-22-21(13-19(18)4-3-6-25)20(5-7-29-8-10-30(17-31)11-9-29)14-23(27-22)24-15-26-16-28(24)2;1-18-13-22-21(14-19(18)7-6-9-25)20(8-12-29-10-4-3-5-11-29)15-23(27-22)24-16-26-17-28(24)2;1-16-8-21-20(9-18(16)4-3-7-24)19(6-5-17-11-25-14-26-12-17)10-22(28-21)23-13-27-15-29(23)2;1-17-12-21-20(13-18(17)4-3-6-24)19(5-7-28-8-10-29-11-9-28)14-22(26-21)23-15-25-16-27(23)2/h12-17H,3-5,7-11H2,1-2H3;13-17H,3-8,10-12H2,1-2H3;8-15H,3-6H2,1-2H3;12-16H,3-5,7-11H2,1-2H3. The molecule has 3 aliphatic heterocycles. The molecule has 24 heteroatoms. The number of thioether (sulfide) groups is 1. The van der Waals surface area contributed by atoms with Crippen molar-refractivity contribution in [3.05, 3.63) is 214 Å². The van der Waals surface area contributed by atoms with E-state index in [1.807, 2.05) is 113 Å². The average Bonchev–Trinajstić information content (AvgIpc) is 0.927. The molecule has 4 aromatic carbocycles. The molecule has 12 heterocycles. The Bertz CT molecular complexity index is 5640. The zero-order valence-electron chi connectivity index (χ0n) is 69.5. The molecular weight excluding hydrogens is 1490 g/mol. The van der Waals surface area contributed by atoms with E-state index in [0.717, 1.165) is 194 Å². The number of carbonyl (C=O) groups excluding carboxylic acids is 1. The number of pyridine rings is 4. The average molecular weight is 1590 g/mol. The maximum absolute atomic E-state index is 11.0.